The van der Waals surface area contributed by atoms with Gasteiger partial charge in [-0.1, -0.05) is 41.6 Å². The Morgan fingerprint density at radius 1 is 1.00 bits per heavy atom. The van der Waals surface area contributed by atoms with E-state index in [1.807, 2.05) is 0 Å². The second kappa shape index (κ2) is 7.38. The van der Waals surface area contributed by atoms with Crippen molar-refractivity contribution in [2.75, 3.05) is 25.0 Å². The largest absolute Gasteiger partial charge is 0.282 e. The first kappa shape index (κ1) is 15.7. The van der Waals surface area contributed by atoms with Crippen LogP contribution in [0, 0.1) is 0 Å². The lowest BCUT2D eigenvalue weighted by molar-refractivity contribution is 0.296. The van der Waals surface area contributed by atoms with Gasteiger partial charge >= 0.3 is 0 Å². The van der Waals surface area contributed by atoms with Crippen LogP contribution >= 0.6 is 15.9 Å². The van der Waals surface area contributed by atoms with E-state index in [1.165, 1.54) is 12.8 Å². The van der Waals surface area contributed by atoms with Crippen LogP contribution in [0.5, 0.6) is 0 Å². The summed E-state index contributed by atoms with van der Waals surface area (Å²) in [6.45, 7) is 2.01. The summed E-state index contributed by atoms with van der Waals surface area (Å²) in [4.78, 5) is 0. The van der Waals surface area contributed by atoms with Gasteiger partial charge in [-0.2, -0.15) is 17.0 Å². The van der Waals surface area contributed by atoms with Gasteiger partial charge in [0, 0.05) is 31.0 Å². The van der Waals surface area contributed by atoms with E-state index in [2.05, 4.69) is 15.9 Å². The Labute approximate surface area is 125 Å². The van der Waals surface area contributed by atoms with Gasteiger partial charge in [0.2, 0.25) is 0 Å². The van der Waals surface area contributed by atoms with Crippen LogP contribution in [0.1, 0.15) is 51.4 Å². The Kier molecular flexibility index (Phi) is 6.11. The van der Waals surface area contributed by atoms with Gasteiger partial charge < -0.3 is 0 Å². The van der Waals surface area contributed by atoms with Gasteiger partial charge in [0.15, 0.2) is 0 Å². The lowest BCUT2D eigenvalue weighted by Gasteiger charge is -2.32. The third-order valence-corrected chi connectivity index (χ3v) is 6.67. The molecule has 2 rings (SSSR count). The lowest BCUT2D eigenvalue weighted by Crippen LogP contribution is -2.48. The van der Waals surface area contributed by atoms with Crippen LogP contribution in [-0.4, -0.2) is 48.0 Å². The van der Waals surface area contributed by atoms with Crippen LogP contribution in [-0.2, 0) is 10.2 Å². The van der Waals surface area contributed by atoms with Gasteiger partial charge in [-0.3, -0.25) is 0 Å². The molecule has 1 aliphatic carbocycles. The van der Waals surface area contributed by atoms with E-state index < -0.39 is 10.2 Å². The number of hydrogen-bond acceptors (Lipinski definition) is 2. The molecule has 0 radical (unpaired) electrons. The van der Waals surface area contributed by atoms with Gasteiger partial charge in [-0.15, -0.1) is 0 Å². The summed E-state index contributed by atoms with van der Waals surface area (Å²) in [6.07, 6.45) is 8.72. The molecule has 19 heavy (non-hydrogen) atoms. The molecule has 0 amide bonds. The van der Waals surface area contributed by atoms with Gasteiger partial charge in [-0.05, 0) is 25.7 Å². The molecule has 0 aromatic rings. The molecule has 4 nitrogen and oxygen atoms in total. The summed E-state index contributed by atoms with van der Waals surface area (Å²) in [6, 6.07) is 0.228. The molecule has 1 heterocycles. The molecule has 2 fully saturated rings. The molecule has 2 aliphatic rings. The van der Waals surface area contributed by atoms with Crippen LogP contribution in [0.25, 0.3) is 0 Å². The van der Waals surface area contributed by atoms with Crippen molar-refractivity contribution in [3.05, 3.63) is 0 Å². The van der Waals surface area contributed by atoms with E-state index in [-0.39, 0.29) is 6.04 Å². The van der Waals surface area contributed by atoms with Crippen molar-refractivity contribution in [3.8, 4) is 0 Å². The SMILES string of the molecule is O=S(=O)(N1CCCCCC1)N(CCBr)C1CCCC1. The molecule has 112 valence electrons. The smallest absolute Gasteiger partial charge is 0.195 e. The fourth-order valence-corrected chi connectivity index (χ4v) is 5.73. The second-order valence-electron chi connectivity index (χ2n) is 5.56. The van der Waals surface area contributed by atoms with E-state index in [0.717, 1.165) is 43.9 Å². The zero-order valence-corrected chi connectivity index (χ0v) is 14.0. The molecule has 1 saturated carbocycles. The molecule has 1 saturated heterocycles. The molecule has 0 aromatic carbocycles. The van der Waals surface area contributed by atoms with Gasteiger partial charge in [0.05, 0.1) is 0 Å². The average molecular weight is 353 g/mol. The van der Waals surface area contributed by atoms with E-state index in [4.69, 9.17) is 0 Å². The minimum absolute atomic E-state index is 0.228. The predicted molar refractivity (Wildman–Crippen MR) is 81.7 cm³/mol. The first-order valence-electron chi connectivity index (χ1n) is 7.49. The number of nitrogens with zero attached hydrogens (tertiary/aromatic N) is 2. The lowest BCUT2D eigenvalue weighted by atomic mass is 10.2. The first-order valence-corrected chi connectivity index (χ1v) is 10.0. The zero-order chi connectivity index (χ0) is 13.7. The highest BCUT2D eigenvalue weighted by molar-refractivity contribution is 9.09. The standard InChI is InChI=1S/C13H25BrN2O2S/c14-9-12-16(13-7-3-4-8-13)19(17,18)15-10-5-1-2-6-11-15/h13H,1-12H2. The summed E-state index contributed by atoms with van der Waals surface area (Å²) in [7, 11) is -3.26. The normalized spacial score (nSPS) is 23.9. The average Bonchev–Trinajstić information content (AvgIpc) is 2.76. The van der Waals surface area contributed by atoms with Crippen LogP contribution < -0.4 is 0 Å². The van der Waals surface area contributed by atoms with Crippen LogP contribution in [0.4, 0.5) is 0 Å². The number of alkyl halides is 1. The summed E-state index contributed by atoms with van der Waals surface area (Å²) in [5, 5.41) is 0.719. The van der Waals surface area contributed by atoms with E-state index in [9.17, 15) is 8.42 Å². The van der Waals surface area contributed by atoms with Crippen LogP contribution in [0.2, 0.25) is 0 Å². The Morgan fingerprint density at radius 2 is 1.58 bits per heavy atom. The summed E-state index contributed by atoms with van der Waals surface area (Å²) in [5.41, 5.74) is 0. The summed E-state index contributed by atoms with van der Waals surface area (Å²) < 4.78 is 29.2. The molecule has 0 bridgehead atoms. The maximum atomic E-state index is 12.8. The quantitative estimate of drug-likeness (QED) is 0.713. The van der Waals surface area contributed by atoms with Crippen LogP contribution in [0.3, 0.4) is 0 Å². The predicted octanol–water partition coefficient (Wildman–Crippen LogP) is 2.75. The topological polar surface area (TPSA) is 40.6 Å². The highest BCUT2D eigenvalue weighted by atomic mass is 79.9. The fourth-order valence-electron chi connectivity index (χ4n) is 3.18. The van der Waals surface area contributed by atoms with E-state index in [0.29, 0.717) is 19.6 Å². The summed E-state index contributed by atoms with van der Waals surface area (Å²) in [5.74, 6) is 0. The van der Waals surface area contributed by atoms with Crippen LogP contribution in [0.15, 0.2) is 0 Å². The van der Waals surface area contributed by atoms with Gasteiger partial charge in [0.1, 0.15) is 0 Å². The third-order valence-electron chi connectivity index (χ3n) is 4.22. The van der Waals surface area contributed by atoms with Crippen molar-refractivity contribution in [2.24, 2.45) is 0 Å². The molecule has 0 unspecified atom stereocenters. The third kappa shape index (κ3) is 3.93. The highest BCUT2D eigenvalue weighted by Crippen LogP contribution is 2.28. The number of hydrogen-bond donors (Lipinski definition) is 0. The van der Waals surface area contributed by atoms with Crippen molar-refractivity contribution in [1.29, 1.82) is 0 Å². The Morgan fingerprint density at radius 3 is 2.11 bits per heavy atom. The molecule has 1 aliphatic heterocycles. The second-order valence-corrected chi connectivity index (χ2v) is 8.23. The van der Waals surface area contributed by atoms with E-state index in [1.54, 1.807) is 8.61 Å². The number of rotatable bonds is 5. The maximum absolute atomic E-state index is 12.8. The molecule has 0 N–H and O–H groups in total. The number of halogens is 1. The minimum Gasteiger partial charge on any atom is -0.195 e. The van der Waals surface area contributed by atoms with Gasteiger partial charge in [-0.25, -0.2) is 0 Å². The Balaban J connectivity index is 2.12. The molecule has 0 spiro atoms. The Hall–Kier alpha value is 0.350. The van der Waals surface area contributed by atoms with Gasteiger partial charge in [0.25, 0.3) is 10.2 Å². The summed E-state index contributed by atoms with van der Waals surface area (Å²) >= 11 is 3.40. The van der Waals surface area contributed by atoms with E-state index >= 15 is 0 Å². The zero-order valence-electron chi connectivity index (χ0n) is 11.6. The molecule has 0 atom stereocenters. The van der Waals surface area contributed by atoms with Crippen molar-refractivity contribution in [3.63, 3.8) is 0 Å². The van der Waals surface area contributed by atoms with Crippen molar-refractivity contribution < 1.29 is 8.42 Å². The molecular weight excluding hydrogens is 328 g/mol. The maximum Gasteiger partial charge on any atom is 0.282 e. The minimum atomic E-state index is -3.26. The highest BCUT2D eigenvalue weighted by Gasteiger charge is 2.35. The fraction of sp³-hybridized carbons (Fsp3) is 1.00. The molecule has 0 aromatic heterocycles. The van der Waals surface area contributed by atoms with Crippen molar-refractivity contribution in [1.82, 2.24) is 8.61 Å². The van der Waals surface area contributed by atoms with Crippen molar-refractivity contribution >= 4 is 26.1 Å². The first-order chi connectivity index (χ1) is 9.16. The Bertz CT molecular complexity index is 361. The molecular formula is C13H25BrN2O2S. The monoisotopic (exact) mass is 352 g/mol. The molecule has 6 heteroatoms. The van der Waals surface area contributed by atoms with Crippen molar-refractivity contribution in [2.45, 2.75) is 57.4 Å².